The molecule has 0 radical (unpaired) electrons. The van der Waals surface area contributed by atoms with Crippen LogP contribution in [0, 0.1) is 5.92 Å². The van der Waals surface area contributed by atoms with Crippen LogP contribution >= 0.6 is 0 Å². The lowest BCUT2D eigenvalue weighted by atomic mass is 10.1. The van der Waals surface area contributed by atoms with E-state index in [1.807, 2.05) is 0 Å². The van der Waals surface area contributed by atoms with Gasteiger partial charge in [-0.25, -0.2) is 0 Å². The maximum Gasteiger partial charge on any atom is 0.0110 e. The SMILES string of the molecule is CNCC1CCC(N2CCCNCC2)C1. The molecule has 2 unspecified atom stereocenters. The van der Waals surface area contributed by atoms with Crippen LogP contribution in [0.2, 0.25) is 0 Å². The molecule has 88 valence electrons. The number of hydrogen-bond donors (Lipinski definition) is 2. The third-order valence-electron chi connectivity index (χ3n) is 3.90. The predicted molar refractivity (Wildman–Crippen MR) is 64.1 cm³/mol. The summed E-state index contributed by atoms with van der Waals surface area (Å²) in [7, 11) is 2.07. The smallest absolute Gasteiger partial charge is 0.0110 e. The quantitative estimate of drug-likeness (QED) is 0.718. The Morgan fingerprint density at radius 3 is 3.07 bits per heavy atom. The second-order valence-corrected chi connectivity index (χ2v) is 5.03. The highest BCUT2D eigenvalue weighted by Crippen LogP contribution is 2.29. The van der Waals surface area contributed by atoms with E-state index in [9.17, 15) is 0 Å². The summed E-state index contributed by atoms with van der Waals surface area (Å²) in [5.41, 5.74) is 0. The van der Waals surface area contributed by atoms with E-state index >= 15 is 0 Å². The molecule has 1 saturated carbocycles. The molecular weight excluding hydrogens is 186 g/mol. The van der Waals surface area contributed by atoms with Crippen molar-refractivity contribution in [2.24, 2.45) is 5.92 Å². The third kappa shape index (κ3) is 3.16. The molecule has 1 aliphatic carbocycles. The van der Waals surface area contributed by atoms with Gasteiger partial charge in [0.1, 0.15) is 0 Å². The lowest BCUT2D eigenvalue weighted by Gasteiger charge is -2.27. The number of hydrogen-bond acceptors (Lipinski definition) is 3. The topological polar surface area (TPSA) is 27.3 Å². The van der Waals surface area contributed by atoms with E-state index in [0.717, 1.165) is 12.0 Å². The van der Waals surface area contributed by atoms with Crippen molar-refractivity contribution in [3.05, 3.63) is 0 Å². The fraction of sp³-hybridized carbons (Fsp3) is 1.00. The van der Waals surface area contributed by atoms with Crippen molar-refractivity contribution in [1.29, 1.82) is 0 Å². The summed E-state index contributed by atoms with van der Waals surface area (Å²) < 4.78 is 0. The van der Waals surface area contributed by atoms with Gasteiger partial charge in [-0.15, -0.1) is 0 Å². The van der Waals surface area contributed by atoms with Gasteiger partial charge in [0.2, 0.25) is 0 Å². The molecule has 1 aliphatic heterocycles. The Bertz CT molecular complexity index is 176. The Labute approximate surface area is 93.6 Å². The van der Waals surface area contributed by atoms with Gasteiger partial charge >= 0.3 is 0 Å². The Hall–Kier alpha value is -0.120. The highest BCUT2D eigenvalue weighted by molar-refractivity contribution is 4.84. The van der Waals surface area contributed by atoms with Crippen LogP contribution in [0.3, 0.4) is 0 Å². The van der Waals surface area contributed by atoms with Gasteiger partial charge in [0, 0.05) is 19.1 Å². The zero-order chi connectivity index (χ0) is 10.5. The summed E-state index contributed by atoms with van der Waals surface area (Å²) in [5.74, 6) is 0.927. The molecule has 1 saturated heterocycles. The number of nitrogens with one attached hydrogen (secondary N) is 2. The summed E-state index contributed by atoms with van der Waals surface area (Å²) >= 11 is 0. The Kier molecular flexibility index (Phi) is 4.42. The van der Waals surface area contributed by atoms with Gasteiger partial charge in [0.15, 0.2) is 0 Å². The molecule has 2 rings (SSSR count). The third-order valence-corrected chi connectivity index (χ3v) is 3.90. The van der Waals surface area contributed by atoms with E-state index < -0.39 is 0 Å². The molecule has 2 N–H and O–H groups in total. The van der Waals surface area contributed by atoms with Crippen molar-refractivity contribution in [3.8, 4) is 0 Å². The number of nitrogens with zero attached hydrogens (tertiary/aromatic N) is 1. The Morgan fingerprint density at radius 1 is 1.27 bits per heavy atom. The first-order valence-electron chi connectivity index (χ1n) is 6.49. The van der Waals surface area contributed by atoms with Gasteiger partial charge < -0.3 is 10.6 Å². The molecule has 1 heterocycles. The van der Waals surface area contributed by atoms with Crippen LogP contribution in [0.5, 0.6) is 0 Å². The normalized spacial score (nSPS) is 34.2. The molecule has 0 amide bonds. The second-order valence-electron chi connectivity index (χ2n) is 5.03. The minimum atomic E-state index is 0.878. The van der Waals surface area contributed by atoms with Gasteiger partial charge in [-0.3, -0.25) is 4.90 Å². The van der Waals surface area contributed by atoms with Crippen molar-refractivity contribution in [2.75, 3.05) is 39.8 Å². The van der Waals surface area contributed by atoms with Crippen LogP contribution in [-0.2, 0) is 0 Å². The first kappa shape index (κ1) is 11.4. The number of rotatable bonds is 3. The van der Waals surface area contributed by atoms with Crippen molar-refractivity contribution in [2.45, 2.75) is 31.7 Å². The van der Waals surface area contributed by atoms with Gasteiger partial charge in [0.25, 0.3) is 0 Å². The molecule has 0 bridgehead atoms. The van der Waals surface area contributed by atoms with Crippen LogP contribution in [-0.4, -0.2) is 50.7 Å². The van der Waals surface area contributed by atoms with E-state index in [4.69, 9.17) is 0 Å². The molecule has 2 fully saturated rings. The van der Waals surface area contributed by atoms with Gasteiger partial charge in [-0.1, -0.05) is 0 Å². The lowest BCUT2D eigenvalue weighted by Crippen LogP contribution is -2.36. The van der Waals surface area contributed by atoms with E-state index in [2.05, 4.69) is 22.6 Å². The standard InChI is InChI=1S/C12H25N3/c1-13-10-11-3-4-12(9-11)15-7-2-5-14-6-8-15/h11-14H,2-10H2,1H3. The first-order valence-corrected chi connectivity index (χ1v) is 6.49. The van der Waals surface area contributed by atoms with Gasteiger partial charge in [-0.2, -0.15) is 0 Å². The zero-order valence-corrected chi connectivity index (χ0v) is 9.97. The fourth-order valence-corrected chi connectivity index (χ4v) is 3.09. The summed E-state index contributed by atoms with van der Waals surface area (Å²) in [6.45, 7) is 6.18. The predicted octanol–water partition coefficient (Wildman–Crippen LogP) is 0.670. The van der Waals surface area contributed by atoms with Gasteiger partial charge in [0.05, 0.1) is 0 Å². The van der Waals surface area contributed by atoms with Crippen LogP contribution in [0.1, 0.15) is 25.7 Å². The van der Waals surface area contributed by atoms with Gasteiger partial charge in [-0.05, 0) is 58.3 Å². The Balaban J connectivity index is 1.78. The minimum Gasteiger partial charge on any atom is -0.319 e. The molecule has 3 heteroatoms. The first-order chi connectivity index (χ1) is 7.40. The monoisotopic (exact) mass is 211 g/mol. The zero-order valence-electron chi connectivity index (χ0n) is 9.97. The molecular formula is C12H25N3. The molecule has 0 aromatic heterocycles. The van der Waals surface area contributed by atoms with E-state index in [-0.39, 0.29) is 0 Å². The molecule has 0 aromatic rings. The highest BCUT2D eigenvalue weighted by atomic mass is 15.2. The summed E-state index contributed by atoms with van der Waals surface area (Å²) in [5, 5.41) is 6.80. The van der Waals surface area contributed by atoms with E-state index in [1.54, 1.807) is 0 Å². The minimum absolute atomic E-state index is 0.878. The molecule has 3 nitrogen and oxygen atoms in total. The van der Waals surface area contributed by atoms with Crippen LogP contribution in [0.25, 0.3) is 0 Å². The molecule has 2 aliphatic rings. The molecule has 0 spiro atoms. The van der Waals surface area contributed by atoms with E-state index in [1.165, 1.54) is 58.4 Å². The van der Waals surface area contributed by atoms with Crippen molar-refractivity contribution >= 4 is 0 Å². The van der Waals surface area contributed by atoms with Crippen molar-refractivity contribution < 1.29 is 0 Å². The maximum atomic E-state index is 3.48. The fourth-order valence-electron chi connectivity index (χ4n) is 3.09. The maximum absolute atomic E-state index is 3.48. The van der Waals surface area contributed by atoms with Crippen LogP contribution in [0.4, 0.5) is 0 Å². The van der Waals surface area contributed by atoms with Crippen LogP contribution in [0.15, 0.2) is 0 Å². The second kappa shape index (κ2) is 5.83. The summed E-state index contributed by atoms with van der Waals surface area (Å²) in [4.78, 5) is 2.72. The summed E-state index contributed by atoms with van der Waals surface area (Å²) in [6, 6.07) is 0.878. The Morgan fingerprint density at radius 2 is 2.20 bits per heavy atom. The van der Waals surface area contributed by atoms with Crippen LogP contribution < -0.4 is 10.6 Å². The molecule has 15 heavy (non-hydrogen) atoms. The van der Waals surface area contributed by atoms with Crippen molar-refractivity contribution in [3.63, 3.8) is 0 Å². The molecule has 2 atom stereocenters. The average Bonchev–Trinajstić information content (AvgIpc) is 2.53. The summed E-state index contributed by atoms with van der Waals surface area (Å²) in [6.07, 6.45) is 5.59. The van der Waals surface area contributed by atoms with E-state index in [0.29, 0.717) is 0 Å². The highest BCUT2D eigenvalue weighted by Gasteiger charge is 2.28. The largest absolute Gasteiger partial charge is 0.319 e. The van der Waals surface area contributed by atoms with Crippen molar-refractivity contribution in [1.82, 2.24) is 15.5 Å². The average molecular weight is 211 g/mol. The molecule has 0 aromatic carbocycles. The lowest BCUT2D eigenvalue weighted by molar-refractivity contribution is 0.207.